The van der Waals surface area contributed by atoms with Gasteiger partial charge in [-0.3, -0.25) is 0 Å². The number of hydrogen-bond acceptors (Lipinski definition) is 3. The van der Waals surface area contributed by atoms with Crippen LogP contribution in [0.15, 0.2) is 18.2 Å². The van der Waals surface area contributed by atoms with Crippen molar-refractivity contribution in [2.75, 3.05) is 5.33 Å². The van der Waals surface area contributed by atoms with Gasteiger partial charge in [-0.05, 0) is 17.7 Å². The first kappa shape index (κ1) is 11.9. The first-order valence-electron chi connectivity index (χ1n) is 5.22. The lowest BCUT2D eigenvalue weighted by Gasteiger charge is -2.32. The van der Waals surface area contributed by atoms with E-state index in [1.165, 1.54) is 0 Å². The smallest absolute Gasteiger partial charge is 0.205 e. The Labute approximate surface area is 104 Å². The molecule has 1 aliphatic heterocycles. The number of aliphatic hydroxyl groups excluding tert-OH is 1. The second-order valence-electron chi connectivity index (χ2n) is 4.33. The third-order valence-corrected chi connectivity index (χ3v) is 3.16. The van der Waals surface area contributed by atoms with Crippen LogP contribution in [-0.2, 0) is 11.3 Å². The summed E-state index contributed by atoms with van der Waals surface area (Å²) >= 11 is 3.25. The molecule has 1 heterocycles. The highest BCUT2D eigenvalue weighted by Gasteiger charge is 2.27. The quantitative estimate of drug-likeness (QED) is 0.850. The van der Waals surface area contributed by atoms with Crippen LogP contribution < -0.4 is 4.74 Å². The van der Waals surface area contributed by atoms with E-state index < -0.39 is 11.9 Å². The minimum atomic E-state index is -0.567. The minimum absolute atomic E-state index is 0.486. The van der Waals surface area contributed by atoms with Crippen molar-refractivity contribution in [3.63, 3.8) is 0 Å². The second kappa shape index (κ2) is 4.35. The van der Waals surface area contributed by atoms with Gasteiger partial charge in [-0.1, -0.05) is 22.0 Å². The van der Waals surface area contributed by atoms with E-state index in [2.05, 4.69) is 15.9 Å². The first-order chi connectivity index (χ1) is 7.52. The number of benzene rings is 1. The molecule has 0 amide bonds. The molecule has 0 spiro atoms. The Morgan fingerprint density at radius 2 is 2.25 bits per heavy atom. The second-order valence-corrected chi connectivity index (χ2v) is 4.98. The summed E-state index contributed by atoms with van der Waals surface area (Å²) in [5.74, 6) is 0.268. The first-order valence-corrected chi connectivity index (χ1v) is 6.34. The summed E-state index contributed by atoms with van der Waals surface area (Å²) in [4.78, 5) is 0. The van der Waals surface area contributed by atoms with Crippen LogP contribution in [0.5, 0.6) is 5.75 Å². The van der Waals surface area contributed by atoms with Gasteiger partial charge in [0.25, 0.3) is 0 Å². The van der Waals surface area contributed by atoms with Gasteiger partial charge in [0.05, 0.1) is 12.7 Å². The predicted octanol–water partition coefficient (Wildman–Crippen LogP) is 2.76. The van der Waals surface area contributed by atoms with Crippen molar-refractivity contribution in [3.05, 3.63) is 29.3 Å². The molecule has 1 aliphatic rings. The molecule has 0 saturated carbocycles. The molecule has 0 unspecified atom stereocenters. The topological polar surface area (TPSA) is 38.7 Å². The van der Waals surface area contributed by atoms with Crippen LogP contribution in [0.2, 0.25) is 0 Å². The van der Waals surface area contributed by atoms with Gasteiger partial charge in [-0.15, -0.1) is 0 Å². The van der Waals surface area contributed by atoms with Crippen LogP contribution in [0.1, 0.15) is 31.1 Å². The fourth-order valence-electron chi connectivity index (χ4n) is 1.65. The minimum Gasteiger partial charge on any atom is -0.463 e. The van der Waals surface area contributed by atoms with Gasteiger partial charge < -0.3 is 14.6 Å². The Balaban J connectivity index is 2.28. The molecule has 16 heavy (non-hydrogen) atoms. The van der Waals surface area contributed by atoms with E-state index in [0.29, 0.717) is 11.9 Å². The van der Waals surface area contributed by atoms with E-state index in [9.17, 15) is 5.11 Å². The maximum Gasteiger partial charge on any atom is 0.205 e. The molecule has 0 radical (unpaired) electrons. The highest BCUT2D eigenvalue weighted by atomic mass is 79.9. The number of alkyl halides is 1. The summed E-state index contributed by atoms with van der Waals surface area (Å²) in [6.07, 6.45) is -0.486. The summed E-state index contributed by atoms with van der Waals surface area (Å²) < 4.78 is 11.2. The fourth-order valence-corrected chi connectivity index (χ4v) is 2.03. The molecule has 2 rings (SSSR count). The zero-order chi connectivity index (χ0) is 11.8. The third-order valence-electron chi connectivity index (χ3n) is 2.55. The number of rotatable bonds is 2. The van der Waals surface area contributed by atoms with Crippen LogP contribution >= 0.6 is 15.9 Å². The lowest BCUT2D eigenvalue weighted by atomic mass is 10.1. The molecule has 0 aromatic heterocycles. The highest BCUT2D eigenvalue weighted by Crippen LogP contribution is 2.33. The lowest BCUT2D eigenvalue weighted by molar-refractivity contribution is -0.180. The maximum atomic E-state index is 9.71. The van der Waals surface area contributed by atoms with Crippen LogP contribution in [-0.4, -0.2) is 16.2 Å². The fraction of sp³-hybridized carbons (Fsp3) is 0.500. The molecule has 0 saturated heterocycles. The summed E-state index contributed by atoms with van der Waals surface area (Å²) in [5.41, 5.74) is 1.86. The van der Waals surface area contributed by atoms with E-state index in [1.54, 1.807) is 0 Å². The average Bonchev–Trinajstić information content (AvgIpc) is 2.26. The number of hydrogen-bond donors (Lipinski definition) is 1. The number of ether oxygens (including phenoxy) is 2. The van der Waals surface area contributed by atoms with Crippen molar-refractivity contribution in [1.82, 2.24) is 0 Å². The Hall–Kier alpha value is -0.580. The van der Waals surface area contributed by atoms with Crippen LogP contribution in [0.25, 0.3) is 0 Å². The number of fused-ring (bicyclic) bond motifs is 1. The van der Waals surface area contributed by atoms with Gasteiger partial charge in [-0.2, -0.15) is 0 Å². The Morgan fingerprint density at radius 1 is 1.50 bits per heavy atom. The molecule has 88 valence electrons. The van der Waals surface area contributed by atoms with Crippen molar-refractivity contribution in [1.29, 1.82) is 0 Å². The highest BCUT2D eigenvalue weighted by molar-refractivity contribution is 9.09. The van der Waals surface area contributed by atoms with Crippen LogP contribution in [0.4, 0.5) is 0 Å². The van der Waals surface area contributed by atoms with E-state index >= 15 is 0 Å². The normalized spacial score (nSPS) is 19.8. The van der Waals surface area contributed by atoms with Crippen LogP contribution in [0, 0.1) is 0 Å². The van der Waals surface area contributed by atoms with Crippen molar-refractivity contribution >= 4 is 15.9 Å². The maximum absolute atomic E-state index is 9.71. The largest absolute Gasteiger partial charge is 0.463 e. The molecule has 1 N–H and O–H groups in total. The number of aliphatic hydroxyl groups is 1. The molecular formula is C12H15BrO3. The molecule has 3 nitrogen and oxygen atoms in total. The third kappa shape index (κ3) is 2.39. The monoisotopic (exact) mass is 286 g/mol. The summed E-state index contributed by atoms with van der Waals surface area (Å²) in [5, 5.41) is 10.2. The van der Waals surface area contributed by atoms with Gasteiger partial charge in [0.15, 0.2) is 0 Å². The molecule has 4 heteroatoms. The van der Waals surface area contributed by atoms with Gasteiger partial charge in [0.1, 0.15) is 5.75 Å². The van der Waals surface area contributed by atoms with Gasteiger partial charge in [0.2, 0.25) is 5.79 Å². The summed E-state index contributed by atoms with van der Waals surface area (Å²) in [7, 11) is 0. The van der Waals surface area contributed by atoms with Crippen molar-refractivity contribution in [2.24, 2.45) is 0 Å². The zero-order valence-corrected chi connectivity index (χ0v) is 11.0. The van der Waals surface area contributed by atoms with Gasteiger partial charge in [0, 0.05) is 24.7 Å². The Morgan fingerprint density at radius 3 is 2.94 bits per heavy atom. The molecule has 0 fully saturated rings. The van der Waals surface area contributed by atoms with Crippen molar-refractivity contribution in [3.8, 4) is 5.75 Å². The lowest BCUT2D eigenvalue weighted by Crippen LogP contribution is -2.35. The van der Waals surface area contributed by atoms with Crippen molar-refractivity contribution < 1.29 is 14.6 Å². The summed E-state index contributed by atoms with van der Waals surface area (Å²) in [6, 6.07) is 5.70. The van der Waals surface area contributed by atoms with E-state index in [0.717, 1.165) is 16.9 Å². The van der Waals surface area contributed by atoms with Crippen molar-refractivity contribution in [2.45, 2.75) is 32.3 Å². The molecule has 1 atom stereocenters. The van der Waals surface area contributed by atoms with Crippen LogP contribution in [0.3, 0.4) is 0 Å². The summed E-state index contributed by atoms with van der Waals surface area (Å²) in [6.45, 7) is 4.29. The molecular weight excluding hydrogens is 272 g/mol. The molecule has 0 bridgehead atoms. The molecule has 0 aliphatic carbocycles. The van der Waals surface area contributed by atoms with E-state index in [-0.39, 0.29) is 0 Å². The van der Waals surface area contributed by atoms with E-state index in [4.69, 9.17) is 9.47 Å². The molecule has 1 aromatic carbocycles. The standard InChI is InChI=1S/C12H15BrO3/c1-12(2)15-7-9-5-8(10(14)6-13)3-4-11(9)16-12/h3-5,10,14H,6-7H2,1-2H3/t10-/m0/s1. The van der Waals surface area contributed by atoms with E-state index in [1.807, 2.05) is 32.0 Å². The Bertz CT molecular complexity index is 390. The zero-order valence-electron chi connectivity index (χ0n) is 9.37. The van der Waals surface area contributed by atoms with Gasteiger partial charge in [-0.25, -0.2) is 0 Å². The predicted molar refractivity (Wildman–Crippen MR) is 64.7 cm³/mol. The van der Waals surface area contributed by atoms with Gasteiger partial charge >= 0.3 is 0 Å². The number of halogens is 1. The SMILES string of the molecule is CC1(C)OCc2cc([C@@H](O)CBr)ccc2O1. The molecule has 1 aromatic rings. The Kier molecular flexibility index (Phi) is 3.24. The average molecular weight is 287 g/mol.